The summed E-state index contributed by atoms with van der Waals surface area (Å²) in [7, 11) is 15.2. The number of hydrogen-bond acceptors (Lipinski definition) is 13. The molecule has 0 atom stereocenters. The van der Waals surface area contributed by atoms with Crippen molar-refractivity contribution in [1.29, 1.82) is 0 Å². The van der Waals surface area contributed by atoms with Crippen LogP contribution in [0.3, 0.4) is 0 Å². The summed E-state index contributed by atoms with van der Waals surface area (Å²) in [6.45, 7) is 16.3. The number of benzene rings is 6. The normalized spacial score (nSPS) is 12.4. The van der Waals surface area contributed by atoms with Gasteiger partial charge in [0.25, 0.3) is 0 Å². The highest BCUT2D eigenvalue weighted by atomic mass is 16.5. The Bertz CT molecular complexity index is 3750. The van der Waals surface area contributed by atoms with Gasteiger partial charge in [0, 0.05) is 112 Å². The van der Waals surface area contributed by atoms with Gasteiger partial charge in [-0.1, -0.05) is 97.1 Å². The van der Waals surface area contributed by atoms with E-state index in [4.69, 9.17) is 52.1 Å². The molecular weight excluding hydrogens is 1170 g/mol. The minimum absolute atomic E-state index is 0.0818. The highest BCUT2D eigenvalue weighted by Crippen LogP contribution is 2.43. The van der Waals surface area contributed by atoms with Gasteiger partial charge in [0.05, 0.1) is 89.4 Å². The fraction of sp³-hybridized carbons (Fsp3) is 0.449. The molecule has 0 spiro atoms. The van der Waals surface area contributed by atoms with Gasteiger partial charge in [-0.2, -0.15) is 0 Å². The number of nitrogens with zero attached hydrogens (tertiary/aromatic N) is 4. The summed E-state index contributed by atoms with van der Waals surface area (Å²) >= 11 is 0. The molecule has 2 aromatic heterocycles. The number of methoxy groups -OCH3 is 9. The van der Waals surface area contributed by atoms with Crippen LogP contribution in [0, 0.1) is 0 Å². The molecule has 10 bridgehead atoms. The third-order valence-corrected chi connectivity index (χ3v) is 17.8. The van der Waals surface area contributed by atoms with E-state index in [0.717, 1.165) is 118 Å². The molecule has 496 valence electrons. The summed E-state index contributed by atoms with van der Waals surface area (Å²) in [5.41, 5.74) is 14.5. The summed E-state index contributed by atoms with van der Waals surface area (Å²) in [6, 6.07) is 31.7. The van der Waals surface area contributed by atoms with Crippen molar-refractivity contribution in [2.24, 2.45) is 0 Å². The SMILES string of the molecule is COc1cc2c(OC)cc1Cc1cc(OC)c(cc1OC)Cc1cc(OC)c(cc1OC)Cc1cc(OC)c(cc1OCCC[n+]1ccc(OCCCCCCCCCc3cn(Cc4cc(C(C)(C)C)cc(C(C)(C)C)c4)nn3)cc1)Cc1cc(OC)c(cc1OC)C2. The van der Waals surface area contributed by atoms with E-state index in [1.807, 2.05) is 35.0 Å². The smallest absolute Gasteiger partial charge is 0.172 e. The van der Waals surface area contributed by atoms with E-state index in [2.05, 4.69) is 136 Å². The fourth-order valence-electron chi connectivity index (χ4n) is 12.4. The Kier molecular flexibility index (Phi) is 23.5. The summed E-state index contributed by atoms with van der Waals surface area (Å²) in [6.07, 6.45) is 18.6. The molecular formula is C78H99N4O11+. The van der Waals surface area contributed by atoms with E-state index in [9.17, 15) is 0 Å². The van der Waals surface area contributed by atoms with Crippen LogP contribution in [-0.4, -0.2) is 92.2 Å². The van der Waals surface area contributed by atoms with E-state index >= 15 is 0 Å². The van der Waals surface area contributed by atoms with Gasteiger partial charge in [0.15, 0.2) is 18.9 Å². The van der Waals surface area contributed by atoms with E-state index in [0.29, 0.717) is 97.1 Å². The maximum absolute atomic E-state index is 6.85. The van der Waals surface area contributed by atoms with Gasteiger partial charge in [-0.25, -0.2) is 9.25 Å². The van der Waals surface area contributed by atoms with Gasteiger partial charge >= 0.3 is 0 Å². The van der Waals surface area contributed by atoms with E-state index in [-0.39, 0.29) is 10.8 Å². The largest absolute Gasteiger partial charge is 0.496 e. The number of aromatic nitrogens is 4. The van der Waals surface area contributed by atoms with Crippen LogP contribution in [0.1, 0.15) is 171 Å². The predicted octanol–water partition coefficient (Wildman–Crippen LogP) is 15.4. The minimum Gasteiger partial charge on any atom is -0.496 e. The molecule has 10 aliphatic rings. The van der Waals surface area contributed by atoms with Crippen LogP contribution in [0.4, 0.5) is 0 Å². The average molecular weight is 1270 g/mol. The van der Waals surface area contributed by atoms with Crippen molar-refractivity contribution in [1.82, 2.24) is 15.0 Å². The Labute approximate surface area is 552 Å². The first-order valence-corrected chi connectivity index (χ1v) is 32.8. The Balaban J connectivity index is 0.838. The van der Waals surface area contributed by atoms with Gasteiger partial charge < -0.3 is 52.1 Å². The molecule has 6 aromatic carbocycles. The number of ether oxygens (including phenoxy) is 11. The lowest BCUT2D eigenvalue weighted by Crippen LogP contribution is -2.33. The van der Waals surface area contributed by atoms with Crippen molar-refractivity contribution >= 4 is 0 Å². The zero-order chi connectivity index (χ0) is 66.2. The van der Waals surface area contributed by atoms with Gasteiger partial charge in [0.2, 0.25) is 0 Å². The van der Waals surface area contributed by atoms with Crippen molar-refractivity contribution in [3.8, 4) is 63.2 Å². The Hall–Kier alpha value is -8.59. The lowest BCUT2D eigenvalue weighted by Gasteiger charge is -2.26. The molecule has 0 saturated heterocycles. The topological polar surface area (TPSA) is 136 Å². The molecule has 0 amide bonds. The number of aryl methyl sites for hydroxylation is 2. The van der Waals surface area contributed by atoms with Crippen molar-refractivity contribution in [3.63, 3.8) is 0 Å². The third-order valence-electron chi connectivity index (χ3n) is 17.8. The van der Waals surface area contributed by atoms with Crippen LogP contribution in [0.15, 0.2) is 110 Å². The van der Waals surface area contributed by atoms with Crippen molar-refractivity contribution in [3.05, 3.63) is 188 Å². The molecule has 10 aliphatic carbocycles. The van der Waals surface area contributed by atoms with Crippen LogP contribution < -0.4 is 56.7 Å². The quantitative estimate of drug-likeness (QED) is 0.0357. The summed E-state index contributed by atoms with van der Waals surface area (Å²) in [4.78, 5) is 0. The minimum atomic E-state index is 0.0818. The Morgan fingerprint density at radius 1 is 0.376 bits per heavy atom. The second kappa shape index (κ2) is 31.8. The summed E-state index contributed by atoms with van der Waals surface area (Å²) in [5.74, 6) is 7.99. The highest BCUT2D eigenvalue weighted by molar-refractivity contribution is 5.60. The first-order valence-electron chi connectivity index (χ1n) is 32.8. The summed E-state index contributed by atoms with van der Waals surface area (Å²) in [5, 5.41) is 9.03. The number of hydrogen-bond donors (Lipinski definition) is 0. The van der Waals surface area contributed by atoms with Gasteiger partial charge in [-0.05, 0) is 107 Å². The summed E-state index contributed by atoms with van der Waals surface area (Å²) < 4.78 is 72.4. The molecule has 0 radical (unpaired) electrons. The molecule has 0 aliphatic heterocycles. The molecule has 15 heteroatoms. The molecule has 93 heavy (non-hydrogen) atoms. The second-order valence-electron chi connectivity index (χ2n) is 26.4. The molecule has 0 N–H and O–H groups in total. The first kappa shape index (κ1) is 68.8. The van der Waals surface area contributed by atoms with Crippen molar-refractivity contribution < 1.29 is 56.7 Å². The second-order valence-corrected chi connectivity index (χ2v) is 26.4. The molecule has 15 nitrogen and oxygen atoms in total. The first-order chi connectivity index (χ1) is 44.9. The zero-order valence-electron chi connectivity index (χ0n) is 57.9. The molecule has 8 aromatic rings. The van der Waals surface area contributed by atoms with Gasteiger partial charge in [-0.3, -0.25) is 0 Å². The van der Waals surface area contributed by atoms with Crippen LogP contribution in [0.25, 0.3) is 0 Å². The Morgan fingerprint density at radius 3 is 1.05 bits per heavy atom. The van der Waals surface area contributed by atoms with Crippen LogP contribution >= 0.6 is 0 Å². The number of rotatable bonds is 27. The maximum atomic E-state index is 6.85. The number of unbranched alkanes of at least 4 members (excludes halogenated alkanes) is 6. The van der Waals surface area contributed by atoms with Crippen molar-refractivity contribution in [2.45, 2.75) is 155 Å². The molecule has 2 heterocycles. The van der Waals surface area contributed by atoms with E-state index < -0.39 is 0 Å². The van der Waals surface area contributed by atoms with Crippen molar-refractivity contribution in [2.75, 3.05) is 77.2 Å². The monoisotopic (exact) mass is 1270 g/mol. The molecule has 0 fully saturated rings. The standard InChI is InChI=1S/C78H99N4O11/c1-77(2,3)63-32-52(33-64(49-63)78(4,5)6)50-82-51-65(79-80-82)24-21-19-17-16-18-20-22-30-92-66-25-28-81(29-26-66)27-23-31-93-76-48-61-37-59-45-71(87-11)57(43-72(59)88-12)35-55-41-67(83-7)53(39-68(55)84-8)34-54-40-70(86-10)56(42-69(54)85-9)36-58-44-74(90-14)60(46-73(58)89-13)38-62(76)47-75(61)91-15/h25-26,28-29,32-33,39-49,51H,16-24,27,30-31,34-38,50H2,1-15H3/q+1. The molecule has 18 rings (SSSR count). The maximum Gasteiger partial charge on any atom is 0.172 e. The average Bonchev–Trinajstić information content (AvgIpc) is 1.48. The fourth-order valence-corrected chi connectivity index (χ4v) is 12.4. The predicted molar refractivity (Wildman–Crippen MR) is 366 cm³/mol. The zero-order valence-corrected chi connectivity index (χ0v) is 57.9. The lowest BCUT2D eigenvalue weighted by atomic mass is 9.79. The molecule has 0 unspecified atom stereocenters. The van der Waals surface area contributed by atoms with Crippen LogP contribution in [0.5, 0.6) is 63.2 Å². The van der Waals surface area contributed by atoms with E-state index in [1.165, 1.54) is 42.4 Å². The van der Waals surface area contributed by atoms with E-state index in [1.54, 1.807) is 64.0 Å². The highest BCUT2D eigenvalue weighted by Gasteiger charge is 2.25. The lowest BCUT2D eigenvalue weighted by molar-refractivity contribution is -0.697. The number of pyridine rings is 1. The van der Waals surface area contributed by atoms with Gasteiger partial charge in [0.1, 0.15) is 63.2 Å². The Morgan fingerprint density at radius 2 is 0.699 bits per heavy atom. The van der Waals surface area contributed by atoms with Crippen LogP contribution in [-0.2, 0) is 62.4 Å². The third kappa shape index (κ3) is 17.8. The van der Waals surface area contributed by atoms with Gasteiger partial charge in [-0.15, -0.1) is 5.10 Å². The van der Waals surface area contributed by atoms with Crippen LogP contribution in [0.2, 0.25) is 0 Å². The molecule has 0 saturated carbocycles.